The summed E-state index contributed by atoms with van der Waals surface area (Å²) in [6.07, 6.45) is 2.59. The summed E-state index contributed by atoms with van der Waals surface area (Å²) in [4.78, 5) is 11.2. The van der Waals surface area contributed by atoms with E-state index in [0.29, 0.717) is 5.58 Å². The first kappa shape index (κ1) is 11.5. The van der Waals surface area contributed by atoms with Crippen LogP contribution in [0.3, 0.4) is 0 Å². The van der Waals surface area contributed by atoms with Gasteiger partial charge in [-0.2, -0.15) is 0 Å². The van der Waals surface area contributed by atoms with E-state index in [1.807, 2.05) is 25.1 Å². The molecule has 3 heteroatoms. The molecule has 0 radical (unpaired) electrons. The van der Waals surface area contributed by atoms with Gasteiger partial charge in [-0.3, -0.25) is 0 Å². The molecular weight excluding hydrogens is 214 g/mol. The second-order valence-corrected chi connectivity index (χ2v) is 3.78. The molecule has 0 saturated carbocycles. The standard InChI is InChI=1S/C14H15NO2/c1-3-5-10-11-6-9-14(16)17-13(11)8-7-12(10)15-4-2/h3,6-9,15H,1,4-5H2,2H3. The van der Waals surface area contributed by atoms with Gasteiger partial charge < -0.3 is 9.73 Å². The van der Waals surface area contributed by atoms with E-state index in [-0.39, 0.29) is 5.63 Å². The van der Waals surface area contributed by atoms with Crippen molar-refractivity contribution in [2.75, 3.05) is 11.9 Å². The number of nitrogens with one attached hydrogen (secondary N) is 1. The van der Waals surface area contributed by atoms with Crippen molar-refractivity contribution in [3.05, 3.63) is 52.9 Å². The summed E-state index contributed by atoms with van der Waals surface area (Å²) in [6.45, 7) is 6.66. The van der Waals surface area contributed by atoms with Crippen molar-refractivity contribution in [2.24, 2.45) is 0 Å². The minimum atomic E-state index is -0.321. The molecule has 0 atom stereocenters. The summed E-state index contributed by atoms with van der Waals surface area (Å²) in [5.41, 5.74) is 2.48. The first-order valence-electron chi connectivity index (χ1n) is 5.66. The Bertz CT molecular complexity index is 599. The van der Waals surface area contributed by atoms with Gasteiger partial charge in [0.15, 0.2) is 0 Å². The molecule has 0 aliphatic carbocycles. The molecule has 2 aromatic rings. The van der Waals surface area contributed by atoms with E-state index < -0.39 is 0 Å². The second-order valence-electron chi connectivity index (χ2n) is 3.78. The summed E-state index contributed by atoms with van der Waals surface area (Å²) >= 11 is 0. The highest BCUT2D eigenvalue weighted by Crippen LogP contribution is 2.26. The zero-order valence-electron chi connectivity index (χ0n) is 9.82. The van der Waals surface area contributed by atoms with Gasteiger partial charge in [-0.1, -0.05) is 6.08 Å². The van der Waals surface area contributed by atoms with E-state index in [9.17, 15) is 4.79 Å². The third kappa shape index (κ3) is 2.23. The molecule has 1 N–H and O–H groups in total. The lowest BCUT2D eigenvalue weighted by atomic mass is 10.0. The quantitative estimate of drug-likeness (QED) is 0.647. The van der Waals surface area contributed by atoms with Gasteiger partial charge in [0.1, 0.15) is 5.58 Å². The Morgan fingerprint density at radius 1 is 1.35 bits per heavy atom. The highest BCUT2D eigenvalue weighted by molar-refractivity contribution is 5.86. The molecule has 3 nitrogen and oxygen atoms in total. The van der Waals surface area contributed by atoms with Crippen molar-refractivity contribution in [2.45, 2.75) is 13.3 Å². The minimum Gasteiger partial charge on any atom is -0.423 e. The molecule has 0 amide bonds. The molecule has 0 saturated heterocycles. The molecule has 17 heavy (non-hydrogen) atoms. The van der Waals surface area contributed by atoms with Crippen molar-refractivity contribution >= 4 is 16.7 Å². The number of allylic oxidation sites excluding steroid dienone is 1. The number of benzene rings is 1. The van der Waals surface area contributed by atoms with Gasteiger partial charge in [-0.25, -0.2) is 4.79 Å². The zero-order chi connectivity index (χ0) is 12.3. The first-order chi connectivity index (χ1) is 8.26. The van der Waals surface area contributed by atoms with Crippen molar-refractivity contribution in [1.82, 2.24) is 0 Å². The Hall–Kier alpha value is -2.03. The number of fused-ring (bicyclic) bond motifs is 1. The lowest BCUT2D eigenvalue weighted by Gasteiger charge is -2.11. The van der Waals surface area contributed by atoms with Crippen LogP contribution in [0.5, 0.6) is 0 Å². The summed E-state index contributed by atoms with van der Waals surface area (Å²) < 4.78 is 5.16. The van der Waals surface area contributed by atoms with Crippen molar-refractivity contribution in [3.8, 4) is 0 Å². The van der Waals surface area contributed by atoms with Crippen molar-refractivity contribution in [3.63, 3.8) is 0 Å². The minimum absolute atomic E-state index is 0.321. The van der Waals surface area contributed by atoms with Crippen molar-refractivity contribution < 1.29 is 4.42 Å². The zero-order valence-corrected chi connectivity index (χ0v) is 9.82. The fraction of sp³-hybridized carbons (Fsp3) is 0.214. The van der Waals surface area contributed by atoms with E-state index in [2.05, 4.69) is 11.9 Å². The Balaban J connectivity index is 2.69. The van der Waals surface area contributed by atoms with E-state index in [1.165, 1.54) is 6.07 Å². The highest BCUT2D eigenvalue weighted by Gasteiger charge is 2.07. The molecule has 0 bridgehead atoms. The molecule has 1 aromatic heterocycles. The maximum absolute atomic E-state index is 11.2. The number of rotatable bonds is 4. The number of hydrogen-bond acceptors (Lipinski definition) is 3. The van der Waals surface area contributed by atoms with Gasteiger partial charge in [0, 0.05) is 23.7 Å². The summed E-state index contributed by atoms with van der Waals surface area (Å²) in [5, 5.41) is 4.26. The number of anilines is 1. The SMILES string of the molecule is C=CCc1c(NCC)ccc2oc(=O)ccc12. The normalized spacial score (nSPS) is 10.4. The second kappa shape index (κ2) is 4.87. The molecule has 0 unspecified atom stereocenters. The monoisotopic (exact) mass is 229 g/mol. The Morgan fingerprint density at radius 3 is 2.88 bits per heavy atom. The first-order valence-corrected chi connectivity index (χ1v) is 5.66. The van der Waals surface area contributed by atoms with Crippen LogP contribution >= 0.6 is 0 Å². The third-order valence-corrected chi connectivity index (χ3v) is 2.63. The fourth-order valence-electron chi connectivity index (χ4n) is 1.93. The van der Waals surface area contributed by atoms with Crippen LogP contribution in [0.4, 0.5) is 5.69 Å². The van der Waals surface area contributed by atoms with Gasteiger partial charge in [-0.15, -0.1) is 6.58 Å². The van der Waals surface area contributed by atoms with Crippen LogP contribution in [-0.2, 0) is 6.42 Å². The van der Waals surface area contributed by atoms with Gasteiger partial charge in [0.2, 0.25) is 0 Å². The topological polar surface area (TPSA) is 42.2 Å². The summed E-state index contributed by atoms with van der Waals surface area (Å²) in [5.74, 6) is 0. The molecule has 0 aliphatic rings. The molecule has 1 aromatic carbocycles. The molecule has 2 rings (SSSR count). The molecule has 88 valence electrons. The Kier molecular flexibility index (Phi) is 3.28. The summed E-state index contributed by atoms with van der Waals surface area (Å²) in [6, 6.07) is 7.01. The lowest BCUT2D eigenvalue weighted by molar-refractivity contribution is 0.561. The van der Waals surface area contributed by atoms with Crippen molar-refractivity contribution in [1.29, 1.82) is 0 Å². The highest BCUT2D eigenvalue weighted by atomic mass is 16.4. The largest absolute Gasteiger partial charge is 0.423 e. The molecular formula is C14H15NO2. The maximum Gasteiger partial charge on any atom is 0.336 e. The molecule has 1 heterocycles. The predicted octanol–water partition coefficient (Wildman–Crippen LogP) is 2.95. The van der Waals surface area contributed by atoms with Crippen LogP contribution in [0, 0.1) is 0 Å². The Labute approximate surface area is 99.8 Å². The smallest absolute Gasteiger partial charge is 0.336 e. The average molecular weight is 229 g/mol. The molecule has 0 aliphatic heterocycles. The van der Waals surface area contributed by atoms with E-state index in [0.717, 1.165) is 29.6 Å². The maximum atomic E-state index is 11.2. The summed E-state index contributed by atoms with van der Waals surface area (Å²) in [7, 11) is 0. The Morgan fingerprint density at radius 2 is 2.18 bits per heavy atom. The van der Waals surface area contributed by atoms with Gasteiger partial charge >= 0.3 is 5.63 Å². The van der Waals surface area contributed by atoms with Crippen LogP contribution in [0.15, 0.2) is 46.1 Å². The predicted molar refractivity (Wildman–Crippen MR) is 70.5 cm³/mol. The van der Waals surface area contributed by atoms with Crippen LogP contribution in [0.1, 0.15) is 12.5 Å². The van der Waals surface area contributed by atoms with Crippen LogP contribution < -0.4 is 10.9 Å². The van der Waals surface area contributed by atoms with Crippen LogP contribution in [0.2, 0.25) is 0 Å². The van der Waals surface area contributed by atoms with E-state index >= 15 is 0 Å². The van der Waals surface area contributed by atoms with E-state index in [1.54, 1.807) is 6.07 Å². The molecule has 0 fully saturated rings. The van der Waals surface area contributed by atoms with Gasteiger partial charge in [0.05, 0.1) is 0 Å². The average Bonchev–Trinajstić information content (AvgIpc) is 2.32. The van der Waals surface area contributed by atoms with E-state index in [4.69, 9.17) is 4.42 Å². The fourth-order valence-corrected chi connectivity index (χ4v) is 1.93. The van der Waals surface area contributed by atoms with Gasteiger partial charge in [-0.05, 0) is 37.1 Å². The van der Waals surface area contributed by atoms with Crippen LogP contribution in [-0.4, -0.2) is 6.54 Å². The van der Waals surface area contributed by atoms with Gasteiger partial charge in [0.25, 0.3) is 0 Å². The third-order valence-electron chi connectivity index (χ3n) is 2.63. The van der Waals surface area contributed by atoms with Crippen LogP contribution in [0.25, 0.3) is 11.0 Å². The lowest BCUT2D eigenvalue weighted by Crippen LogP contribution is -2.02. The molecule has 0 spiro atoms. The number of hydrogen-bond donors (Lipinski definition) is 1.